The molecule has 0 aliphatic rings. The largest absolute Gasteiger partial charge is 0.344 e. The Hall–Kier alpha value is -1.30. The topological polar surface area (TPSA) is 36.9 Å². The average Bonchev–Trinajstić information content (AvgIpc) is 2.36. The van der Waals surface area contributed by atoms with Crippen molar-refractivity contribution >= 4 is 14.7 Å². The molecule has 0 heterocycles. The molecule has 0 bridgehead atoms. The van der Waals surface area contributed by atoms with E-state index in [0.717, 1.165) is 0 Å². The minimum absolute atomic E-state index is 0.210. The first-order chi connectivity index (χ1) is 9.66. The van der Waals surface area contributed by atoms with Crippen molar-refractivity contribution in [2.75, 3.05) is 0 Å². The Labute approximate surface area is 129 Å². The van der Waals surface area contributed by atoms with Crippen LogP contribution in [-0.4, -0.2) is 20.7 Å². The van der Waals surface area contributed by atoms with Crippen LogP contribution in [0.5, 0.6) is 0 Å². The first-order valence-electron chi connectivity index (χ1n) is 6.89. The van der Waals surface area contributed by atoms with E-state index in [1.165, 1.54) is 5.19 Å². The third kappa shape index (κ3) is 9.28. The predicted molar refractivity (Wildman–Crippen MR) is 83.8 cm³/mol. The molecule has 0 aliphatic carbocycles. The molecule has 0 fully saturated rings. The Morgan fingerprint density at radius 2 is 1.33 bits per heavy atom. The van der Waals surface area contributed by atoms with Gasteiger partial charge in [0, 0.05) is 0 Å². The van der Waals surface area contributed by atoms with Gasteiger partial charge in [0.1, 0.15) is 20.7 Å². The second-order valence-corrected chi connectivity index (χ2v) is 7.69. The normalized spacial score (nSPS) is 11.9. The highest BCUT2D eigenvalue weighted by Gasteiger charge is 2.18. The summed E-state index contributed by atoms with van der Waals surface area (Å²) in [5.41, 5.74) is 0.951. The summed E-state index contributed by atoms with van der Waals surface area (Å²) < 4.78 is 0. The van der Waals surface area contributed by atoms with Crippen molar-refractivity contribution in [1.29, 1.82) is 0 Å². The maximum Gasteiger partial charge on any atom is 0.344 e. The summed E-state index contributed by atoms with van der Waals surface area (Å²) in [5, 5.41) is 1.17. The molecule has 0 aromatic heterocycles. The van der Waals surface area contributed by atoms with Gasteiger partial charge in [-0.2, -0.15) is 9.78 Å². The lowest BCUT2D eigenvalue weighted by Crippen LogP contribution is -2.23. The van der Waals surface area contributed by atoms with Gasteiger partial charge >= 0.3 is 5.95 Å². The highest BCUT2D eigenvalue weighted by atomic mass is 28.2. The van der Waals surface area contributed by atoms with E-state index >= 15 is 0 Å². The summed E-state index contributed by atoms with van der Waals surface area (Å²) in [6, 6.07) is 10.1. The van der Waals surface area contributed by atoms with E-state index in [0.29, 0.717) is 9.52 Å². The minimum atomic E-state index is -0.431. The van der Waals surface area contributed by atoms with Gasteiger partial charge in [0.15, 0.2) is 0 Å². The number of hydrogen-bond acceptors (Lipinski definition) is 4. The van der Waals surface area contributed by atoms with Crippen LogP contribution in [0.25, 0.3) is 0 Å². The molecular weight excluding hydrogens is 284 g/mol. The molecule has 1 aromatic carbocycles. The summed E-state index contributed by atoms with van der Waals surface area (Å²) in [6.07, 6.45) is 0. The van der Waals surface area contributed by atoms with Crippen LogP contribution in [0.15, 0.2) is 42.0 Å². The fraction of sp³-hybridized carbons (Fsp3) is 0.500. The molecule has 1 rings (SSSR count). The molecule has 2 radical (unpaired) electrons. The molecule has 0 spiro atoms. The van der Waals surface area contributed by atoms with E-state index in [1.54, 1.807) is 0 Å². The van der Waals surface area contributed by atoms with Crippen LogP contribution >= 0.6 is 0 Å². The van der Waals surface area contributed by atoms with Crippen LogP contribution in [0, 0.1) is 0 Å². The quantitative estimate of drug-likeness (QED) is 0.350. The Balaban J connectivity index is 2.66. The van der Waals surface area contributed by atoms with Crippen molar-refractivity contribution in [3.63, 3.8) is 0 Å². The van der Waals surface area contributed by atoms with Crippen molar-refractivity contribution in [2.24, 2.45) is 0 Å². The van der Waals surface area contributed by atoms with E-state index < -0.39 is 11.2 Å². The highest BCUT2D eigenvalue weighted by Crippen LogP contribution is 2.15. The standard InChI is InChI=1S/C16H24O4Si/c1-15(2,3)19-17-14(18-20-16(4,5)6)12-21-13-10-8-7-9-11-13/h7-12H,1-6H3. The van der Waals surface area contributed by atoms with Crippen molar-refractivity contribution in [3.05, 3.63) is 42.0 Å². The Bertz CT molecular complexity index is 424. The van der Waals surface area contributed by atoms with Crippen LogP contribution < -0.4 is 5.19 Å². The average molecular weight is 308 g/mol. The van der Waals surface area contributed by atoms with Crippen LogP contribution in [0.1, 0.15) is 41.5 Å². The van der Waals surface area contributed by atoms with Gasteiger partial charge in [-0.05, 0) is 47.2 Å². The second kappa shape index (κ2) is 7.63. The molecule has 116 valence electrons. The predicted octanol–water partition coefficient (Wildman–Crippen LogP) is 3.31. The van der Waals surface area contributed by atoms with Gasteiger partial charge in [-0.3, -0.25) is 9.78 Å². The third-order valence-corrected chi connectivity index (χ3v) is 2.92. The second-order valence-electron chi connectivity index (χ2n) is 6.53. The molecule has 0 aliphatic heterocycles. The van der Waals surface area contributed by atoms with Crippen LogP contribution in [0.3, 0.4) is 0 Å². The van der Waals surface area contributed by atoms with Crippen molar-refractivity contribution < 1.29 is 19.6 Å². The van der Waals surface area contributed by atoms with Crippen molar-refractivity contribution in [3.8, 4) is 0 Å². The molecule has 4 nitrogen and oxygen atoms in total. The van der Waals surface area contributed by atoms with Crippen LogP contribution in [0.2, 0.25) is 0 Å². The third-order valence-electron chi connectivity index (χ3n) is 1.88. The molecule has 0 amide bonds. The van der Waals surface area contributed by atoms with Gasteiger partial charge < -0.3 is 0 Å². The van der Waals surface area contributed by atoms with E-state index in [4.69, 9.17) is 19.6 Å². The molecule has 0 saturated carbocycles. The van der Waals surface area contributed by atoms with Gasteiger partial charge in [0.25, 0.3) is 0 Å². The zero-order chi connectivity index (χ0) is 15.9. The van der Waals surface area contributed by atoms with Crippen LogP contribution in [-0.2, 0) is 19.6 Å². The Morgan fingerprint density at radius 3 is 1.76 bits per heavy atom. The summed E-state index contributed by atoms with van der Waals surface area (Å²) in [5.74, 6) is 0.210. The maximum absolute atomic E-state index is 5.28. The molecule has 1 aromatic rings. The molecule has 21 heavy (non-hydrogen) atoms. The molecule has 5 heteroatoms. The first-order valence-corrected chi connectivity index (χ1v) is 7.97. The van der Waals surface area contributed by atoms with Gasteiger partial charge in [0.2, 0.25) is 0 Å². The van der Waals surface area contributed by atoms with Gasteiger partial charge in [-0.1, -0.05) is 35.5 Å². The lowest BCUT2D eigenvalue weighted by molar-refractivity contribution is -0.414. The fourth-order valence-corrected chi connectivity index (χ4v) is 1.84. The molecule has 0 saturated heterocycles. The molecule has 0 atom stereocenters. The van der Waals surface area contributed by atoms with E-state index in [9.17, 15) is 0 Å². The van der Waals surface area contributed by atoms with Crippen molar-refractivity contribution in [1.82, 2.24) is 0 Å². The Kier molecular flexibility index (Phi) is 6.45. The summed E-state index contributed by atoms with van der Waals surface area (Å²) in [7, 11) is 0.399. The maximum atomic E-state index is 5.28. The SMILES string of the molecule is CC(C)(C)OOC(=C[Si]c1ccccc1)OOC(C)(C)C. The summed E-state index contributed by atoms with van der Waals surface area (Å²) in [6.45, 7) is 11.4. The summed E-state index contributed by atoms with van der Waals surface area (Å²) >= 11 is 0. The number of hydrogen-bond donors (Lipinski definition) is 0. The summed E-state index contributed by atoms with van der Waals surface area (Å²) in [4.78, 5) is 21.0. The Morgan fingerprint density at radius 1 is 0.857 bits per heavy atom. The van der Waals surface area contributed by atoms with Crippen LogP contribution in [0.4, 0.5) is 0 Å². The minimum Gasteiger partial charge on any atom is -0.295 e. The highest BCUT2D eigenvalue weighted by molar-refractivity contribution is 6.58. The first kappa shape index (κ1) is 17.7. The van der Waals surface area contributed by atoms with E-state index in [1.807, 2.05) is 77.6 Å². The molecule has 0 unspecified atom stereocenters. The fourth-order valence-electron chi connectivity index (χ4n) is 1.07. The van der Waals surface area contributed by atoms with E-state index in [-0.39, 0.29) is 5.95 Å². The lowest BCUT2D eigenvalue weighted by atomic mass is 10.2. The number of benzene rings is 1. The lowest BCUT2D eigenvalue weighted by Gasteiger charge is -2.21. The smallest absolute Gasteiger partial charge is 0.295 e. The monoisotopic (exact) mass is 308 g/mol. The van der Waals surface area contributed by atoms with Crippen molar-refractivity contribution in [2.45, 2.75) is 52.7 Å². The zero-order valence-corrected chi connectivity index (χ0v) is 14.6. The van der Waals surface area contributed by atoms with Gasteiger partial charge in [-0.15, -0.1) is 0 Å². The number of rotatable bonds is 6. The van der Waals surface area contributed by atoms with Gasteiger partial charge in [-0.25, -0.2) is 0 Å². The van der Waals surface area contributed by atoms with Gasteiger partial charge in [0.05, 0.1) is 0 Å². The molecular formula is C16H24O4Si. The molecule has 0 N–H and O–H groups in total. The zero-order valence-electron chi connectivity index (χ0n) is 13.6. The van der Waals surface area contributed by atoms with E-state index in [2.05, 4.69) is 0 Å².